The molecule has 1 unspecified atom stereocenters. The largest absolute Gasteiger partial charge is 0.478 e. The number of hydrogen-bond acceptors (Lipinski definition) is 4. The molecule has 0 amide bonds. The first-order valence-electron chi connectivity index (χ1n) is 20.8. The van der Waals surface area contributed by atoms with Gasteiger partial charge >= 0.3 is 11.9 Å². The van der Waals surface area contributed by atoms with Gasteiger partial charge in [0.25, 0.3) is 0 Å². The highest BCUT2D eigenvalue weighted by atomic mass is 16.6. The van der Waals surface area contributed by atoms with Crippen molar-refractivity contribution in [1.82, 2.24) is 0 Å². The number of ether oxygens (including phenoxy) is 2. The fourth-order valence-electron chi connectivity index (χ4n) is 9.65. The molecule has 0 heterocycles. The summed E-state index contributed by atoms with van der Waals surface area (Å²) in [6.07, 6.45) is 36.9. The average molecular weight is 659 g/mol. The highest BCUT2D eigenvalue weighted by molar-refractivity contribution is 5.96. The Morgan fingerprint density at radius 2 is 0.957 bits per heavy atom. The van der Waals surface area contributed by atoms with Gasteiger partial charge in [0.05, 0.1) is 12.2 Å². The number of allylic oxidation sites excluding steroid dienone is 1. The van der Waals surface area contributed by atoms with E-state index in [9.17, 15) is 14.7 Å². The second-order valence-electron chi connectivity index (χ2n) is 15.5. The molecule has 0 spiro atoms. The molecular weight excluding hydrogens is 584 g/mol. The molecule has 0 aromatic carbocycles. The van der Waals surface area contributed by atoms with Crippen LogP contribution in [0.5, 0.6) is 0 Å². The van der Waals surface area contributed by atoms with Gasteiger partial charge in [-0.3, -0.25) is 0 Å². The number of carboxylic acid groups (broad SMARTS) is 1. The predicted molar refractivity (Wildman–Crippen MR) is 195 cm³/mol. The standard InChI is InChI=1S/C42H74O5/c1-3-5-33-47-39(41(45)46-4-2)38(40(43)44)34-42(35-27-21-15-9-6-10-16-22-28-35,36-29-23-17-11-7-12-18-24-30-36)37-31-25-19-13-8-14-20-26-32-37/h34-37,39H,3-33H2,1-2H3,(H,43,44). The minimum Gasteiger partial charge on any atom is -0.478 e. The normalized spacial score (nSPS) is 23.0. The third-order valence-corrected chi connectivity index (χ3v) is 12.2. The van der Waals surface area contributed by atoms with E-state index in [1.165, 1.54) is 173 Å². The minimum atomic E-state index is -1.17. The molecule has 3 saturated carbocycles. The summed E-state index contributed by atoms with van der Waals surface area (Å²) in [6.45, 7) is 4.49. The Balaban J connectivity index is 2.28. The predicted octanol–water partition coefficient (Wildman–Crippen LogP) is 12.2. The summed E-state index contributed by atoms with van der Waals surface area (Å²) in [4.78, 5) is 27.1. The van der Waals surface area contributed by atoms with Crippen LogP contribution in [-0.4, -0.2) is 36.4 Å². The number of rotatable bonds is 12. The van der Waals surface area contributed by atoms with Crippen LogP contribution in [0.4, 0.5) is 0 Å². The van der Waals surface area contributed by atoms with Gasteiger partial charge in [-0.25, -0.2) is 9.59 Å². The molecule has 0 radical (unpaired) electrons. The lowest BCUT2D eigenvalue weighted by molar-refractivity contribution is -0.156. The smallest absolute Gasteiger partial charge is 0.340 e. The molecule has 3 fully saturated rings. The fraction of sp³-hybridized carbons (Fsp3) is 0.905. The van der Waals surface area contributed by atoms with Gasteiger partial charge in [-0.05, 0) is 75.0 Å². The molecule has 0 saturated heterocycles. The van der Waals surface area contributed by atoms with Crippen molar-refractivity contribution >= 4 is 11.9 Å². The van der Waals surface area contributed by atoms with Crippen LogP contribution >= 0.6 is 0 Å². The summed E-state index contributed by atoms with van der Waals surface area (Å²) < 4.78 is 11.8. The van der Waals surface area contributed by atoms with Crippen molar-refractivity contribution in [2.75, 3.05) is 13.2 Å². The van der Waals surface area contributed by atoms with Crippen LogP contribution in [0, 0.1) is 23.2 Å². The van der Waals surface area contributed by atoms with Gasteiger partial charge in [-0.1, -0.05) is 154 Å². The highest BCUT2D eigenvalue weighted by Gasteiger charge is 2.49. The van der Waals surface area contributed by atoms with Gasteiger partial charge in [-0.15, -0.1) is 0 Å². The first-order valence-corrected chi connectivity index (χ1v) is 20.8. The number of esters is 1. The molecule has 47 heavy (non-hydrogen) atoms. The van der Waals surface area contributed by atoms with E-state index in [2.05, 4.69) is 13.0 Å². The molecule has 1 N–H and O–H groups in total. The number of aliphatic carboxylic acids is 1. The van der Waals surface area contributed by atoms with Crippen LogP contribution in [0.15, 0.2) is 11.6 Å². The van der Waals surface area contributed by atoms with E-state index in [1.54, 1.807) is 6.92 Å². The van der Waals surface area contributed by atoms with E-state index >= 15 is 0 Å². The number of carbonyl (C=O) groups excluding carboxylic acids is 1. The Morgan fingerprint density at radius 3 is 1.26 bits per heavy atom. The Hall–Kier alpha value is -1.36. The Bertz CT molecular complexity index is 786. The zero-order chi connectivity index (χ0) is 33.6. The van der Waals surface area contributed by atoms with Crippen LogP contribution in [0.2, 0.25) is 0 Å². The summed E-state index contributed by atoms with van der Waals surface area (Å²) in [5.74, 6) is -0.213. The van der Waals surface area contributed by atoms with Gasteiger partial charge in [0.1, 0.15) is 0 Å². The zero-order valence-electron chi connectivity index (χ0n) is 30.9. The molecule has 3 rings (SSSR count). The summed E-state index contributed by atoms with van der Waals surface area (Å²) >= 11 is 0. The highest BCUT2D eigenvalue weighted by Crippen LogP contribution is 2.56. The molecule has 1 atom stereocenters. The topological polar surface area (TPSA) is 72.8 Å². The lowest BCUT2D eigenvalue weighted by atomic mass is 9.52. The molecule has 0 aliphatic heterocycles. The van der Waals surface area contributed by atoms with Crippen LogP contribution in [0.25, 0.3) is 0 Å². The van der Waals surface area contributed by atoms with E-state index < -0.39 is 18.0 Å². The second-order valence-corrected chi connectivity index (χ2v) is 15.5. The summed E-state index contributed by atoms with van der Waals surface area (Å²) in [5, 5.41) is 11.1. The van der Waals surface area contributed by atoms with Crippen molar-refractivity contribution in [3.63, 3.8) is 0 Å². The van der Waals surface area contributed by atoms with Crippen molar-refractivity contribution < 1.29 is 24.2 Å². The molecule has 0 bridgehead atoms. The van der Waals surface area contributed by atoms with Crippen molar-refractivity contribution in [3.05, 3.63) is 11.6 Å². The third kappa shape index (κ3) is 13.5. The van der Waals surface area contributed by atoms with E-state index in [0.29, 0.717) is 24.4 Å². The summed E-state index contributed by atoms with van der Waals surface area (Å²) in [7, 11) is 0. The lowest BCUT2D eigenvalue weighted by Crippen LogP contribution is -2.46. The maximum absolute atomic E-state index is 13.6. The quantitative estimate of drug-likeness (QED) is 0.128. The maximum atomic E-state index is 13.6. The second kappa shape index (κ2) is 23.9. The molecule has 0 aromatic rings. The van der Waals surface area contributed by atoms with Crippen LogP contribution < -0.4 is 0 Å². The third-order valence-electron chi connectivity index (χ3n) is 12.2. The lowest BCUT2D eigenvalue weighted by Gasteiger charge is -2.52. The maximum Gasteiger partial charge on any atom is 0.340 e. The van der Waals surface area contributed by atoms with Crippen LogP contribution in [-0.2, 0) is 19.1 Å². The van der Waals surface area contributed by atoms with E-state index in [0.717, 1.165) is 12.8 Å². The Labute approximate surface area is 289 Å². The molecule has 5 nitrogen and oxygen atoms in total. The van der Waals surface area contributed by atoms with Gasteiger partial charge in [0.15, 0.2) is 6.10 Å². The first-order chi connectivity index (χ1) is 23.0. The molecule has 0 aromatic heterocycles. The van der Waals surface area contributed by atoms with Crippen LogP contribution in [0.3, 0.4) is 0 Å². The monoisotopic (exact) mass is 659 g/mol. The summed E-state index contributed by atoms with van der Waals surface area (Å²) in [5.41, 5.74) is -0.0738. The molecule has 5 heteroatoms. The van der Waals surface area contributed by atoms with E-state index in [1.807, 2.05) is 0 Å². The van der Waals surface area contributed by atoms with Crippen molar-refractivity contribution in [2.24, 2.45) is 23.2 Å². The van der Waals surface area contributed by atoms with Crippen molar-refractivity contribution in [1.29, 1.82) is 0 Å². The number of carboxylic acids is 1. The van der Waals surface area contributed by atoms with Crippen molar-refractivity contribution in [2.45, 2.75) is 206 Å². The van der Waals surface area contributed by atoms with E-state index in [-0.39, 0.29) is 17.6 Å². The Morgan fingerprint density at radius 1 is 0.617 bits per heavy atom. The van der Waals surface area contributed by atoms with Gasteiger partial charge < -0.3 is 14.6 Å². The molecule has 3 aliphatic rings. The fourth-order valence-corrected chi connectivity index (χ4v) is 9.65. The molecular formula is C42H74O5. The average Bonchev–Trinajstić information content (AvgIpc) is 3.08. The van der Waals surface area contributed by atoms with E-state index in [4.69, 9.17) is 9.47 Å². The zero-order valence-corrected chi connectivity index (χ0v) is 30.9. The first kappa shape index (κ1) is 40.1. The molecule has 3 aliphatic carbocycles. The Kier molecular flexibility index (Phi) is 20.4. The number of unbranched alkanes of at least 4 members (excludes halogenated alkanes) is 1. The molecule has 272 valence electrons. The number of carbonyl (C=O) groups is 2. The minimum absolute atomic E-state index is 0.172. The summed E-state index contributed by atoms with van der Waals surface area (Å²) in [6, 6.07) is 0. The van der Waals surface area contributed by atoms with Gasteiger partial charge in [0.2, 0.25) is 0 Å². The van der Waals surface area contributed by atoms with Crippen LogP contribution in [0.1, 0.15) is 200 Å². The van der Waals surface area contributed by atoms with Gasteiger partial charge in [0, 0.05) is 6.61 Å². The SMILES string of the molecule is CCCCOC(C(=O)OCC)C(=CC(C1CCCCCCCCC1)(C1CCCCCCCCC1)C1CCCCCCCCC1)C(=O)O. The number of hydrogen-bond donors (Lipinski definition) is 1. The van der Waals surface area contributed by atoms with Gasteiger partial charge in [-0.2, -0.15) is 0 Å². The van der Waals surface area contributed by atoms with Crippen molar-refractivity contribution in [3.8, 4) is 0 Å².